The average Bonchev–Trinajstić information content (AvgIpc) is 3.35. The number of unbranched alkanes of at least 4 members (excludes halogenated alkanes) is 25. The van der Waals surface area contributed by atoms with Gasteiger partial charge in [0.25, 0.3) is 0 Å². The second-order valence-corrected chi connectivity index (χ2v) is 20.2. The van der Waals surface area contributed by atoms with Crippen molar-refractivity contribution in [3.05, 3.63) is 60.8 Å². The monoisotopic (exact) mass is 1010 g/mol. The lowest BCUT2D eigenvalue weighted by molar-refractivity contribution is -0.161. The van der Waals surface area contributed by atoms with Crippen molar-refractivity contribution in [2.75, 3.05) is 26.4 Å². The summed E-state index contributed by atoms with van der Waals surface area (Å²) in [5.74, 6) is -1.49. The third kappa shape index (κ3) is 50.1. The van der Waals surface area contributed by atoms with E-state index in [1.165, 1.54) is 77.0 Å². The summed E-state index contributed by atoms with van der Waals surface area (Å²) in [4.78, 5) is 48.4. The van der Waals surface area contributed by atoms with Gasteiger partial charge in [-0.1, -0.05) is 204 Å². The van der Waals surface area contributed by atoms with Crippen LogP contribution in [0.5, 0.6) is 0 Å². The van der Waals surface area contributed by atoms with Crippen molar-refractivity contribution < 1.29 is 52.2 Å². The molecule has 0 radical (unpaired) electrons. The summed E-state index contributed by atoms with van der Waals surface area (Å²) in [6.45, 7) is 4.54. The number of ether oxygens (including phenoxy) is 3. The number of carbonyl (C=O) groups is 3. The molecule has 0 rings (SSSR count). The summed E-state index contributed by atoms with van der Waals surface area (Å²) in [7, 11) is -4.75. The molecule has 3 unspecified atom stereocenters. The first kappa shape index (κ1) is 67.2. The van der Waals surface area contributed by atoms with E-state index in [2.05, 4.69) is 81.5 Å². The number of aliphatic hydroxyl groups excluding tert-OH is 1. The third-order valence-corrected chi connectivity index (χ3v) is 12.9. The number of aliphatic hydroxyl groups is 1. The van der Waals surface area contributed by atoms with Gasteiger partial charge >= 0.3 is 25.7 Å². The summed E-state index contributed by atoms with van der Waals surface area (Å²) < 4.78 is 39.4. The van der Waals surface area contributed by atoms with E-state index in [4.69, 9.17) is 23.3 Å². The first-order chi connectivity index (χ1) is 34.2. The van der Waals surface area contributed by atoms with Crippen LogP contribution in [0.15, 0.2) is 60.8 Å². The molecule has 0 fully saturated rings. The Bertz CT molecular complexity index is 1410. The second-order valence-electron chi connectivity index (χ2n) is 18.7. The van der Waals surface area contributed by atoms with Crippen LogP contribution in [0.3, 0.4) is 0 Å². The number of rotatable bonds is 52. The smallest absolute Gasteiger partial charge is 0.462 e. The summed E-state index contributed by atoms with van der Waals surface area (Å²) in [6.07, 6.45) is 56.1. The Labute approximate surface area is 427 Å². The highest BCUT2D eigenvalue weighted by molar-refractivity contribution is 7.47. The van der Waals surface area contributed by atoms with Crippen molar-refractivity contribution in [1.29, 1.82) is 0 Å². The number of esters is 3. The van der Waals surface area contributed by atoms with Crippen molar-refractivity contribution in [3.8, 4) is 0 Å². The van der Waals surface area contributed by atoms with Gasteiger partial charge < -0.3 is 24.2 Å². The van der Waals surface area contributed by atoms with Gasteiger partial charge in [0.2, 0.25) is 0 Å². The van der Waals surface area contributed by atoms with E-state index < -0.39 is 57.8 Å². The highest BCUT2D eigenvalue weighted by Gasteiger charge is 2.28. The molecule has 0 aliphatic heterocycles. The van der Waals surface area contributed by atoms with Gasteiger partial charge in [-0.25, -0.2) is 4.57 Å². The van der Waals surface area contributed by atoms with Crippen molar-refractivity contribution in [2.45, 2.75) is 264 Å². The summed E-state index contributed by atoms with van der Waals surface area (Å²) in [5.41, 5.74) is 0. The number of carbonyl (C=O) groups excluding carboxylic acids is 3. The molecular weight excluding hydrogens is 904 g/mol. The van der Waals surface area contributed by atoms with Gasteiger partial charge in [0.05, 0.1) is 19.8 Å². The maximum Gasteiger partial charge on any atom is 0.472 e. The minimum atomic E-state index is -4.75. The van der Waals surface area contributed by atoms with Crippen molar-refractivity contribution in [3.63, 3.8) is 0 Å². The van der Waals surface area contributed by atoms with Crippen LogP contribution in [0.1, 0.15) is 252 Å². The molecule has 0 aliphatic carbocycles. The standard InChI is InChI=1S/C58H103O11P/c1-4-7-10-13-16-19-21-23-25-26-27-28-30-32-34-37-40-43-46-49-58(62)69-55(51-65-56(60)47-44-41-38-36-33-31-29-24-22-20-17-14-11-8-5-2)53-67-70(63,64)66-52-54(50-59)68-57(61)48-45-42-39-35-18-15-12-9-6-3/h16-17,19-20,23-25,27-29,54-55,59H,4-15,18,21-22,26,30-53H2,1-3H3,(H,63,64)/b19-16-,20-17-,25-23-,28-27-,29-24-. The molecule has 0 aromatic carbocycles. The molecule has 0 spiro atoms. The number of allylic oxidation sites excluding steroid dienone is 10. The Hall–Kier alpha value is -2.82. The molecule has 0 saturated carbocycles. The predicted octanol–water partition coefficient (Wildman–Crippen LogP) is 16.4. The maximum absolute atomic E-state index is 12.9. The van der Waals surface area contributed by atoms with Gasteiger partial charge in [0.15, 0.2) is 6.10 Å². The van der Waals surface area contributed by atoms with E-state index in [1.807, 2.05) is 0 Å². The maximum atomic E-state index is 12.9. The van der Waals surface area contributed by atoms with Gasteiger partial charge in [-0.2, -0.15) is 0 Å². The summed E-state index contributed by atoms with van der Waals surface area (Å²) >= 11 is 0. The molecule has 0 saturated heterocycles. The highest BCUT2D eigenvalue weighted by atomic mass is 31.2. The Kier molecular flexibility index (Phi) is 50.4. The SMILES string of the molecule is CCCCC/C=C\C/C=C\C/C=C\CCCCCCCCC(=O)OC(COC(=O)CCCCCCC/C=C\C/C=C\CCCCC)COP(=O)(O)OCC(CO)OC(=O)CCCCCCCCCCC. The van der Waals surface area contributed by atoms with Crippen LogP contribution < -0.4 is 0 Å². The van der Waals surface area contributed by atoms with E-state index >= 15 is 0 Å². The molecule has 0 aromatic heterocycles. The Morgan fingerprint density at radius 3 is 1.10 bits per heavy atom. The van der Waals surface area contributed by atoms with Crippen molar-refractivity contribution in [2.24, 2.45) is 0 Å². The molecule has 3 atom stereocenters. The lowest BCUT2D eigenvalue weighted by atomic mass is 10.1. The van der Waals surface area contributed by atoms with E-state index in [0.29, 0.717) is 19.3 Å². The van der Waals surface area contributed by atoms with Crippen LogP contribution in [0, 0.1) is 0 Å². The summed E-state index contributed by atoms with van der Waals surface area (Å²) in [5, 5.41) is 9.76. The fourth-order valence-electron chi connectivity index (χ4n) is 7.57. The Morgan fingerprint density at radius 2 is 0.700 bits per heavy atom. The van der Waals surface area contributed by atoms with Crippen LogP contribution in [0.4, 0.5) is 0 Å². The average molecular weight is 1010 g/mol. The van der Waals surface area contributed by atoms with Gasteiger partial charge in [-0.05, 0) is 89.9 Å². The number of phosphoric acid groups is 1. The molecule has 406 valence electrons. The minimum Gasteiger partial charge on any atom is -0.462 e. The zero-order valence-corrected chi connectivity index (χ0v) is 45.6. The van der Waals surface area contributed by atoms with Crippen LogP contribution >= 0.6 is 7.82 Å². The van der Waals surface area contributed by atoms with E-state index in [-0.39, 0.29) is 25.9 Å². The van der Waals surface area contributed by atoms with Crippen molar-refractivity contribution in [1.82, 2.24) is 0 Å². The zero-order valence-electron chi connectivity index (χ0n) is 44.7. The topological polar surface area (TPSA) is 155 Å². The van der Waals surface area contributed by atoms with Crippen molar-refractivity contribution >= 4 is 25.7 Å². The second kappa shape index (κ2) is 52.5. The normalized spacial score (nSPS) is 13.8. The first-order valence-corrected chi connectivity index (χ1v) is 29.7. The highest BCUT2D eigenvalue weighted by Crippen LogP contribution is 2.43. The molecule has 2 N–H and O–H groups in total. The van der Waals surface area contributed by atoms with E-state index in [9.17, 15) is 28.9 Å². The molecule has 0 aliphatic rings. The molecule has 0 bridgehead atoms. The third-order valence-electron chi connectivity index (χ3n) is 11.9. The molecule has 0 heterocycles. The Balaban J connectivity index is 4.76. The van der Waals surface area contributed by atoms with Crippen LogP contribution in [-0.4, -0.2) is 66.5 Å². The van der Waals surface area contributed by atoms with Crippen LogP contribution in [0.2, 0.25) is 0 Å². The number of hydrogen-bond acceptors (Lipinski definition) is 10. The molecule has 0 amide bonds. The fraction of sp³-hybridized carbons (Fsp3) is 0.776. The molecule has 11 nitrogen and oxygen atoms in total. The lowest BCUT2D eigenvalue weighted by Gasteiger charge is -2.21. The molecule has 12 heteroatoms. The van der Waals surface area contributed by atoms with Gasteiger partial charge in [0.1, 0.15) is 12.7 Å². The largest absolute Gasteiger partial charge is 0.472 e. The quantitative estimate of drug-likeness (QED) is 0.0197. The van der Waals surface area contributed by atoms with Crippen LogP contribution in [0.25, 0.3) is 0 Å². The Morgan fingerprint density at radius 1 is 0.400 bits per heavy atom. The van der Waals surface area contributed by atoms with E-state index in [1.54, 1.807) is 0 Å². The predicted molar refractivity (Wildman–Crippen MR) is 288 cm³/mol. The molecular formula is C58H103O11P. The molecule has 0 aromatic rings. The van der Waals surface area contributed by atoms with E-state index in [0.717, 1.165) is 116 Å². The summed E-state index contributed by atoms with van der Waals surface area (Å²) in [6, 6.07) is 0. The first-order valence-electron chi connectivity index (χ1n) is 28.2. The number of phosphoric ester groups is 1. The molecule has 70 heavy (non-hydrogen) atoms. The fourth-order valence-corrected chi connectivity index (χ4v) is 8.35. The minimum absolute atomic E-state index is 0.150. The lowest BCUT2D eigenvalue weighted by Crippen LogP contribution is -2.30. The van der Waals surface area contributed by atoms with Gasteiger partial charge in [-0.15, -0.1) is 0 Å². The van der Waals surface area contributed by atoms with Gasteiger partial charge in [-0.3, -0.25) is 23.4 Å². The number of hydrogen-bond donors (Lipinski definition) is 2. The van der Waals surface area contributed by atoms with Crippen LogP contribution in [-0.2, 0) is 42.2 Å². The van der Waals surface area contributed by atoms with Gasteiger partial charge in [0, 0.05) is 19.3 Å². The zero-order chi connectivity index (χ0) is 51.3.